The lowest BCUT2D eigenvalue weighted by atomic mass is 9.96. The molecule has 0 aliphatic heterocycles. The summed E-state index contributed by atoms with van der Waals surface area (Å²) in [7, 11) is 0. The minimum Gasteiger partial charge on any atom is -0.466 e. The van der Waals surface area contributed by atoms with Gasteiger partial charge >= 0.3 is 5.97 Å². The molecular weight excluding hydrogens is 164 g/mol. The Balaban J connectivity index is 2.17. The lowest BCUT2D eigenvalue weighted by molar-refractivity contribution is -0.143. The highest BCUT2D eigenvalue weighted by Crippen LogP contribution is 2.21. The van der Waals surface area contributed by atoms with Gasteiger partial charge in [-0.1, -0.05) is 11.6 Å². The highest BCUT2D eigenvalue weighted by Gasteiger charge is 2.06. The summed E-state index contributed by atoms with van der Waals surface area (Å²) in [6, 6.07) is 0. The first-order valence-electron chi connectivity index (χ1n) is 5.16. The van der Waals surface area contributed by atoms with Crippen molar-refractivity contribution in [3.8, 4) is 0 Å². The molecule has 1 aliphatic carbocycles. The van der Waals surface area contributed by atoms with Gasteiger partial charge in [-0.2, -0.15) is 0 Å². The molecule has 0 spiro atoms. The fourth-order valence-corrected chi connectivity index (χ4v) is 1.63. The van der Waals surface area contributed by atoms with Crippen molar-refractivity contribution in [3.05, 3.63) is 11.6 Å². The number of allylic oxidation sites excluding steroid dienone is 2. The summed E-state index contributed by atoms with van der Waals surface area (Å²) in [4.78, 5) is 11.0. The highest BCUT2D eigenvalue weighted by molar-refractivity contribution is 5.69. The van der Waals surface area contributed by atoms with Crippen LogP contribution < -0.4 is 0 Å². The molecule has 0 aromatic heterocycles. The average Bonchev–Trinajstić information content (AvgIpc) is 2.17. The van der Waals surface area contributed by atoms with Crippen LogP contribution in [-0.4, -0.2) is 12.6 Å². The SMILES string of the molecule is CCOC(=O)CCC1=CCCCC1. The summed E-state index contributed by atoms with van der Waals surface area (Å²) in [6.07, 6.45) is 8.70. The third-order valence-corrected chi connectivity index (χ3v) is 2.34. The maximum Gasteiger partial charge on any atom is 0.306 e. The van der Waals surface area contributed by atoms with Crippen molar-refractivity contribution in [3.63, 3.8) is 0 Å². The Morgan fingerprint density at radius 2 is 2.38 bits per heavy atom. The Kier molecular flexibility index (Phi) is 4.58. The molecule has 0 bridgehead atoms. The largest absolute Gasteiger partial charge is 0.466 e. The molecule has 0 aromatic carbocycles. The van der Waals surface area contributed by atoms with Crippen molar-refractivity contribution in [2.24, 2.45) is 0 Å². The number of hydrogen-bond donors (Lipinski definition) is 0. The number of ether oxygens (including phenoxy) is 1. The quantitative estimate of drug-likeness (QED) is 0.493. The number of esters is 1. The van der Waals surface area contributed by atoms with E-state index in [4.69, 9.17) is 4.74 Å². The molecule has 0 fully saturated rings. The van der Waals surface area contributed by atoms with E-state index in [0.29, 0.717) is 13.0 Å². The smallest absolute Gasteiger partial charge is 0.306 e. The minimum absolute atomic E-state index is 0.0611. The van der Waals surface area contributed by atoms with Crippen molar-refractivity contribution in [2.45, 2.75) is 45.4 Å². The van der Waals surface area contributed by atoms with Crippen LogP contribution in [-0.2, 0) is 9.53 Å². The molecule has 13 heavy (non-hydrogen) atoms. The van der Waals surface area contributed by atoms with Crippen LogP contribution in [0.2, 0.25) is 0 Å². The molecule has 0 radical (unpaired) electrons. The summed E-state index contributed by atoms with van der Waals surface area (Å²) in [5, 5.41) is 0. The third-order valence-electron chi connectivity index (χ3n) is 2.34. The Morgan fingerprint density at radius 3 is 3.00 bits per heavy atom. The fraction of sp³-hybridized carbons (Fsp3) is 0.727. The molecule has 0 saturated heterocycles. The van der Waals surface area contributed by atoms with E-state index in [9.17, 15) is 4.79 Å². The second kappa shape index (κ2) is 5.79. The first-order chi connectivity index (χ1) is 6.33. The van der Waals surface area contributed by atoms with Gasteiger partial charge in [-0.05, 0) is 39.0 Å². The van der Waals surface area contributed by atoms with Crippen molar-refractivity contribution in [1.29, 1.82) is 0 Å². The molecule has 0 aromatic rings. The Bertz CT molecular complexity index is 194. The molecular formula is C11H18O2. The van der Waals surface area contributed by atoms with Gasteiger partial charge in [-0.3, -0.25) is 4.79 Å². The highest BCUT2D eigenvalue weighted by atomic mass is 16.5. The van der Waals surface area contributed by atoms with E-state index in [2.05, 4.69) is 6.08 Å². The van der Waals surface area contributed by atoms with Crippen LogP contribution in [0.25, 0.3) is 0 Å². The second-order valence-corrected chi connectivity index (χ2v) is 3.41. The van der Waals surface area contributed by atoms with Gasteiger partial charge in [0.1, 0.15) is 0 Å². The van der Waals surface area contributed by atoms with Gasteiger partial charge in [0.25, 0.3) is 0 Å². The molecule has 0 atom stereocenters. The Hall–Kier alpha value is -0.790. The Labute approximate surface area is 80.0 Å². The van der Waals surface area contributed by atoms with E-state index in [0.717, 1.165) is 6.42 Å². The lowest BCUT2D eigenvalue weighted by Gasteiger charge is -2.11. The minimum atomic E-state index is -0.0611. The summed E-state index contributed by atoms with van der Waals surface area (Å²) in [5.74, 6) is -0.0611. The molecule has 0 unspecified atom stereocenters. The zero-order valence-corrected chi connectivity index (χ0v) is 8.34. The zero-order chi connectivity index (χ0) is 9.52. The molecule has 0 amide bonds. The van der Waals surface area contributed by atoms with Gasteiger partial charge in [0.05, 0.1) is 6.61 Å². The van der Waals surface area contributed by atoms with Crippen molar-refractivity contribution < 1.29 is 9.53 Å². The average molecular weight is 182 g/mol. The lowest BCUT2D eigenvalue weighted by Crippen LogP contribution is -2.04. The van der Waals surface area contributed by atoms with Crippen molar-refractivity contribution in [2.75, 3.05) is 6.61 Å². The van der Waals surface area contributed by atoms with Crippen LogP contribution >= 0.6 is 0 Å². The van der Waals surface area contributed by atoms with E-state index < -0.39 is 0 Å². The van der Waals surface area contributed by atoms with Crippen LogP contribution in [0.15, 0.2) is 11.6 Å². The van der Waals surface area contributed by atoms with Crippen LogP contribution in [0.3, 0.4) is 0 Å². The Morgan fingerprint density at radius 1 is 1.54 bits per heavy atom. The molecule has 1 rings (SSSR count). The maximum atomic E-state index is 11.0. The van der Waals surface area contributed by atoms with E-state index in [-0.39, 0.29) is 5.97 Å². The van der Waals surface area contributed by atoms with Gasteiger partial charge in [-0.25, -0.2) is 0 Å². The summed E-state index contributed by atoms with van der Waals surface area (Å²) in [5.41, 5.74) is 1.44. The van der Waals surface area contributed by atoms with Crippen LogP contribution in [0.1, 0.15) is 45.4 Å². The summed E-state index contributed by atoms with van der Waals surface area (Å²) >= 11 is 0. The van der Waals surface area contributed by atoms with E-state index in [1.165, 1.54) is 31.3 Å². The van der Waals surface area contributed by atoms with E-state index in [1.54, 1.807) is 0 Å². The van der Waals surface area contributed by atoms with Crippen LogP contribution in [0.5, 0.6) is 0 Å². The first-order valence-corrected chi connectivity index (χ1v) is 5.16. The fourth-order valence-electron chi connectivity index (χ4n) is 1.63. The van der Waals surface area contributed by atoms with Gasteiger partial charge < -0.3 is 4.74 Å². The van der Waals surface area contributed by atoms with E-state index in [1.807, 2.05) is 6.92 Å². The van der Waals surface area contributed by atoms with Gasteiger partial charge in [-0.15, -0.1) is 0 Å². The normalized spacial score (nSPS) is 16.5. The number of carbonyl (C=O) groups is 1. The van der Waals surface area contributed by atoms with Gasteiger partial charge in [0, 0.05) is 6.42 Å². The molecule has 74 valence electrons. The van der Waals surface area contributed by atoms with Crippen molar-refractivity contribution >= 4 is 5.97 Å². The van der Waals surface area contributed by atoms with Gasteiger partial charge in [0.15, 0.2) is 0 Å². The molecule has 0 saturated carbocycles. The molecule has 2 heteroatoms. The first kappa shape index (κ1) is 10.3. The zero-order valence-electron chi connectivity index (χ0n) is 8.34. The number of carbonyl (C=O) groups excluding carboxylic acids is 1. The monoisotopic (exact) mass is 182 g/mol. The molecule has 1 aliphatic rings. The maximum absolute atomic E-state index is 11.0. The topological polar surface area (TPSA) is 26.3 Å². The second-order valence-electron chi connectivity index (χ2n) is 3.41. The molecule has 0 N–H and O–H groups in total. The third kappa shape index (κ3) is 4.11. The predicted molar refractivity (Wildman–Crippen MR) is 52.4 cm³/mol. The molecule has 2 nitrogen and oxygen atoms in total. The molecule has 0 heterocycles. The number of rotatable bonds is 4. The van der Waals surface area contributed by atoms with Gasteiger partial charge in [0.2, 0.25) is 0 Å². The van der Waals surface area contributed by atoms with E-state index >= 15 is 0 Å². The van der Waals surface area contributed by atoms with Crippen molar-refractivity contribution in [1.82, 2.24) is 0 Å². The van der Waals surface area contributed by atoms with Crippen LogP contribution in [0, 0.1) is 0 Å². The number of hydrogen-bond acceptors (Lipinski definition) is 2. The summed E-state index contributed by atoms with van der Waals surface area (Å²) < 4.78 is 4.87. The predicted octanol–water partition coefficient (Wildman–Crippen LogP) is 2.83. The summed E-state index contributed by atoms with van der Waals surface area (Å²) in [6.45, 7) is 2.34. The van der Waals surface area contributed by atoms with Crippen LogP contribution in [0.4, 0.5) is 0 Å². The standard InChI is InChI=1S/C11H18O2/c1-2-13-11(12)9-8-10-6-4-3-5-7-10/h6H,2-5,7-9H2,1H3.